The lowest BCUT2D eigenvalue weighted by molar-refractivity contribution is 0.264. The number of hydrogen-bond donors (Lipinski definition) is 0. The van der Waals surface area contributed by atoms with Gasteiger partial charge in [0, 0.05) is 42.8 Å². The lowest BCUT2D eigenvalue weighted by Crippen LogP contribution is -2.43. The summed E-state index contributed by atoms with van der Waals surface area (Å²) >= 11 is 6.09. The second-order valence-corrected chi connectivity index (χ2v) is 9.01. The van der Waals surface area contributed by atoms with E-state index in [-0.39, 0.29) is 0 Å². The molecule has 2 unspecified atom stereocenters. The van der Waals surface area contributed by atoms with Gasteiger partial charge in [0.1, 0.15) is 17.9 Å². The van der Waals surface area contributed by atoms with Gasteiger partial charge in [0.25, 0.3) is 0 Å². The minimum atomic E-state index is 0.529. The monoisotopic (exact) mass is 438 g/mol. The van der Waals surface area contributed by atoms with E-state index in [2.05, 4.69) is 27.9 Å². The molecule has 1 aliphatic carbocycles. The molecule has 0 radical (unpaired) electrons. The van der Waals surface area contributed by atoms with Gasteiger partial charge in [-0.15, -0.1) is 0 Å². The molecule has 7 nitrogen and oxygen atoms in total. The molecule has 2 aliphatic rings. The van der Waals surface area contributed by atoms with Crippen LogP contribution in [0.4, 0.5) is 5.82 Å². The summed E-state index contributed by atoms with van der Waals surface area (Å²) in [6.45, 7) is 6.86. The van der Waals surface area contributed by atoms with Crippen LogP contribution in [0.2, 0.25) is 5.02 Å². The minimum absolute atomic E-state index is 0.529. The van der Waals surface area contributed by atoms with Crippen molar-refractivity contribution in [1.82, 2.24) is 24.7 Å². The van der Waals surface area contributed by atoms with Gasteiger partial charge in [-0.05, 0) is 62.6 Å². The van der Waals surface area contributed by atoms with Crippen LogP contribution in [0.1, 0.15) is 31.3 Å². The fourth-order valence-corrected chi connectivity index (χ4v) is 5.24. The third-order valence-electron chi connectivity index (χ3n) is 6.55. The second kappa shape index (κ2) is 8.46. The van der Waals surface area contributed by atoms with E-state index in [1.54, 1.807) is 12.4 Å². The van der Waals surface area contributed by atoms with Crippen LogP contribution in [0.5, 0.6) is 11.8 Å². The van der Waals surface area contributed by atoms with Gasteiger partial charge >= 0.3 is 6.01 Å². The van der Waals surface area contributed by atoms with Crippen LogP contribution in [-0.2, 0) is 13.0 Å². The molecule has 3 heterocycles. The molecule has 5 rings (SSSR count). The van der Waals surface area contributed by atoms with Crippen molar-refractivity contribution in [3.05, 3.63) is 53.2 Å². The summed E-state index contributed by atoms with van der Waals surface area (Å²) in [7, 11) is 0. The molecule has 1 aliphatic heterocycles. The van der Waals surface area contributed by atoms with E-state index in [9.17, 15) is 0 Å². The molecule has 1 aromatic carbocycles. The lowest BCUT2D eigenvalue weighted by Gasteiger charge is -2.38. The normalized spacial score (nSPS) is 22.7. The second-order valence-electron chi connectivity index (χ2n) is 8.57. The molecule has 8 heteroatoms. The average Bonchev–Trinajstić information content (AvgIpc) is 3.23. The summed E-state index contributed by atoms with van der Waals surface area (Å²) < 4.78 is 7.82. The first kappa shape index (κ1) is 20.2. The third-order valence-corrected chi connectivity index (χ3v) is 6.78. The molecule has 0 amide bonds. The van der Waals surface area contributed by atoms with Crippen molar-refractivity contribution in [2.24, 2.45) is 17.8 Å². The predicted molar refractivity (Wildman–Crippen MR) is 120 cm³/mol. The average molecular weight is 439 g/mol. The van der Waals surface area contributed by atoms with Gasteiger partial charge in [-0.3, -0.25) is 0 Å². The van der Waals surface area contributed by atoms with Crippen LogP contribution in [0.25, 0.3) is 0 Å². The van der Waals surface area contributed by atoms with Crippen LogP contribution in [0, 0.1) is 24.7 Å². The van der Waals surface area contributed by atoms with Gasteiger partial charge < -0.3 is 9.64 Å². The van der Waals surface area contributed by atoms with Crippen LogP contribution in [0.3, 0.4) is 0 Å². The first-order valence-corrected chi connectivity index (χ1v) is 11.4. The van der Waals surface area contributed by atoms with E-state index >= 15 is 0 Å². The van der Waals surface area contributed by atoms with Crippen molar-refractivity contribution < 1.29 is 4.74 Å². The number of anilines is 1. The molecule has 2 fully saturated rings. The van der Waals surface area contributed by atoms with E-state index < -0.39 is 0 Å². The molecule has 2 atom stereocenters. The molecule has 31 heavy (non-hydrogen) atoms. The van der Waals surface area contributed by atoms with E-state index in [0.717, 1.165) is 36.8 Å². The molecule has 162 valence electrons. The Morgan fingerprint density at radius 3 is 2.65 bits per heavy atom. The zero-order valence-electron chi connectivity index (χ0n) is 17.9. The standard InChI is InChI=1S/C23H27ClN6O/c1-3-30-23(31-19-6-4-5-18(24)10-19)27-21(28-30)11-20-16-7-8-17(20)13-29(12-16)22-9-15(2)25-14-26-22/h4-6,9-10,14,16-17,20H,3,7-8,11-13H2,1-2H3. The van der Waals surface area contributed by atoms with Gasteiger partial charge in [-0.25, -0.2) is 14.6 Å². The number of benzene rings is 1. The highest BCUT2D eigenvalue weighted by atomic mass is 35.5. The van der Waals surface area contributed by atoms with Crippen molar-refractivity contribution in [3.63, 3.8) is 0 Å². The fraction of sp³-hybridized carbons (Fsp3) is 0.478. The Kier molecular flexibility index (Phi) is 5.52. The summed E-state index contributed by atoms with van der Waals surface area (Å²) in [5.41, 5.74) is 1.01. The van der Waals surface area contributed by atoms with Crippen molar-refractivity contribution >= 4 is 17.4 Å². The Morgan fingerprint density at radius 1 is 1.13 bits per heavy atom. The van der Waals surface area contributed by atoms with Crippen molar-refractivity contribution in [1.29, 1.82) is 0 Å². The maximum atomic E-state index is 6.09. The maximum Gasteiger partial charge on any atom is 0.320 e. The van der Waals surface area contributed by atoms with Crippen LogP contribution >= 0.6 is 11.6 Å². The Labute approximate surface area is 187 Å². The number of halogens is 1. The SMILES string of the molecule is CCn1nc(CC2C3CCC2CN(c2cc(C)ncn2)C3)nc1Oc1cccc(Cl)c1. The molecular weight excluding hydrogens is 412 g/mol. The first-order chi connectivity index (χ1) is 15.1. The number of hydrogen-bond acceptors (Lipinski definition) is 6. The summed E-state index contributed by atoms with van der Waals surface area (Å²) in [4.78, 5) is 15.9. The molecular formula is C23H27ClN6O. The number of fused-ring (bicyclic) bond motifs is 2. The topological polar surface area (TPSA) is 69.0 Å². The van der Waals surface area contributed by atoms with E-state index in [1.807, 2.05) is 29.8 Å². The molecule has 1 saturated carbocycles. The zero-order valence-corrected chi connectivity index (χ0v) is 18.7. The first-order valence-electron chi connectivity index (χ1n) is 11.0. The molecule has 2 aromatic heterocycles. The Hall–Kier alpha value is -2.67. The number of rotatable bonds is 6. The van der Waals surface area contributed by atoms with Crippen molar-refractivity contribution in [3.8, 4) is 11.8 Å². The highest BCUT2D eigenvalue weighted by Crippen LogP contribution is 2.44. The highest BCUT2D eigenvalue weighted by molar-refractivity contribution is 6.30. The number of nitrogens with zero attached hydrogens (tertiary/aromatic N) is 6. The zero-order chi connectivity index (χ0) is 21.4. The van der Waals surface area contributed by atoms with Crippen LogP contribution in [-0.4, -0.2) is 37.8 Å². The molecule has 3 aromatic rings. The quantitative estimate of drug-likeness (QED) is 0.562. The van der Waals surface area contributed by atoms with Crippen LogP contribution < -0.4 is 9.64 Å². The van der Waals surface area contributed by atoms with E-state index in [1.165, 1.54) is 12.8 Å². The van der Waals surface area contributed by atoms with E-state index in [4.69, 9.17) is 26.4 Å². The Morgan fingerprint density at radius 2 is 1.94 bits per heavy atom. The number of piperidine rings is 1. The molecule has 0 N–H and O–H groups in total. The van der Waals surface area contributed by atoms with Crippen LogP contribution in [0.15, 0.2) is 36.7 Å². The molecule has 2 bridgehead atoms. The Balaban J connectivity index is 1.30. The maximum absolute atomic E-state index is 6.09. The van der Waals surface area contributed by atoms with Gasteiger partial charge in [-0.2, -0.15) is 10.1 Å². The number of ether oxygens (including phenoxy) is 1. The summed E-state index contributed by atoms with van der Waals surface area (Å²) in [5.74, 6) is 4.47. The van der Waals surface area contributed by atoms with Gasteiger partial charge in [0.2, 0.25) is 0 Å². The summed E-state index contributed by atoms with van der Waals surface area (Å²) in [5, 5.41) is 5.38. The van der Waals surface area contributed by atoms with Gasteiger partial charge in [-0.1, -0.05) is 17.7 Å². The molecule has 1 saturated heterocycles. The molecule has 0 spiro atoms. The highest BCUT2D eigenvalue weighted by Gasteiger charge is 2.42. The predicted octanol–water partition coefficient (Wildman–Crippen LogP) is 4.55. The van der Waals surface area contributed by atoms with Crippen molar-refractivity contribution in [2.45, 2.75) is 39.7 Å². The smallest absolute Gasteiger partial charge is 0.320 e. The van der Waals surface area contributed by atoms with E-state index in [0.29, 0.717) is 41.1 Å². The van der Waals surface area contributed by atoms with Gasteiger partial charge in [0.05, 0.1) is 0 Å². The largest absolute Gasteiger partial charge is 0.424 e. The lowest BCUT2D eigenvalue weighted by atomic mass is 9.82. The van der Waals surface area contributed by atoms with Gasteiger partial charge in [0.15, 0.2) is 5.82 Å². The summed E-state index contributed by atoms with van der Waals surface area (Å²) in [6, 6.07) is 9.99. The number of aryl methyl sites for hydroxylation is 2. The number of aromatic nitrogens is 5. The Bertz CT molecular complexity index is 1060. The fourth-order valence-electron chi connectivity index (χ4n) is 5.06. The third kappa shape index (κ3) is 4.24. The minimum Gasteiger partial charge on any atom is -0.424 e. The van der Waals surface area contributed by atoms with Crippen molar-refractivity contribution in [2.75, 3.05) is 18.0 Å². The summed E-state index contributed by atoms with van der Waals surface area (Å²) in [6.07, 6.45) is 5.08.